The quantitative estimate of drug-likeness (QED) is 0.557. The molecule has 1 amide bonds. The third kappa shape index (κ3) is 9.49. The van der Waals surface area contributed by atoms with E-state index in [1.807, 2.05) is 0 Å². The van der Waals surface area contributed by atoms with E-state index in [0.717, 1.165) is 12.8 Å². The summed E-state index contributed by atoms with van der Waals surface area (Å²) in [6.45, 7) is 1.14. The van der Waals surface area contributed by atoms with Crippen LogP contribution in [0.1, 0.15) is 19.3 Å². The van der Waals surface area contributed by atoms with E-state index in [1.54, 1.807) is 6.26 Å². The standard InChI is InChI=1S/C8H18N2O2S/c1-13(12)7-6-10-8(11)4-2-3-5-9/h2-7,9H2,1H3,(H,10,11). The monoisotopic (exact) mass is 206 g/mol. The second-order valence-electron chi connectivity index (χ2n) is 2.87. The number of carbonyl (C=O) groups excluding carboxylic acids is 1. The summed E-state index contributed by atoms with van der Waals surface area (Å²) in [6.07, 6.45) is 3.86. The van der Waals surface area contributed by atoms with Gasteiger partial charge in [0.2, 0.25) is 5.91 Å². The maximum atomic E-state index is 11.0. The number of rotatable bonds is 7. The van der Waals surface area contributed by atoms with E-state index < -0.39 is 10.8 Å². The number of nitrogens with two attached hydrogens (primary N) is 1. The molecule has 0 aliphatic heterocycles. The molecule has 0 saturated heterocycles. The molecule has 78 valence electrons. The lowest BCUT2D eigenvalue weighted by atomic mass is 10.2. The van der Waals surface area contributed by atoms with Crippen LogP contribution in [-0.2, 0) is 15.6 Å². The van der Waals surface area contributed by atoms with Crippen molar-refractivity contribution < 1.29 is 9.00 Å². The minimum Gasteiger partial charge on any atom is -0.355 e. The van der Waals surface area contributed by atoms with Gasteiger partial charge in [-0.1, -0.05) is 0 Å². The van der Waals surface area contributed by atoms with Gasteiger partial charge in [-0.15, -0.1) is 0 Å². The van der Waals surface area contributed by atoms with Crippen molar-refractivity contribution in [3.63, 3.8) is 0 Å². The van der Waals surface area contributed by atoms with Gasteiger partial charge in [-0.3, -0.25) is 9.00 Å². The van der Waals surface area contributed by atoms with Gasteiger partial charge >= 0.3 is 0 Å². The van der Waals surface area contributed by atoms with Gasteiger partial charge in [0.1, 0.15) is 0 Å². The van der Waals surface area contributed by atoms with Crippen LogP contribution in [-0.4, -0.2) is 35.2 Å². The van der Waals surface area contributed by atoms with Gasteiger partial charge in [-0.2, -0.15) is 0 Å². The largest absolute Gasteiger partial charge is 0.355 e. The zero-order valence-corrected chi connectivity index (χ0v) is 8.86. The Hall–Kier alpha value is -0.420. The first-order chi connectivity index (χ1) is 6.16. The SMILES string of the molecule is CS(=O)CCNC(=O)CCCCN. The fourth-order valence-electron chi connectivity index (χ4n) is 0.852. The molecule has 0 saturated carbocycles. The Morgan fingerprint density at radius 3 is 2.69 bits per heavy atom. The summed E-state index contributed by atoms with van der Waals surface area (Å²) >= 11 is 0. The minimum atomic E-state index is -0.824. The number of amides is 1. The van der Waals surface area contributed by atoms with Crippen LogP contribution in [0.4, 0.5) is 0 Å². The normalized spacial score (nSPS) is 12.5. The summed E-state index contributed by atoms with van der Waals surface area (Å²) in [4.78, 5) is 11.0. The smallest absolute Gasteiger partial charge is 0.220 e. The van der Waals surface area contributed by atoms with Gasteiger partial charge in [0.15, 0.2) is 0 Å². The van der Waals surface area contributed by atoms with Crippen LogP contribution >= 0.6 is 0 Å². The Morgan fingerprint density at radius 1 is 1.46 bits per heavy atom. The molecule has 0 heterocycles. The minimum absolute atomic E-state index is 0.0268. The molecule has 0 aliphatic carbocycles. The summed E-state index contributed by atoms with van der Waals surface area (Å²) < 4.78 is 10.6. The van der Waals surface area contributed by atoms with Crippen LogP contribution < -0.4 is 11.1 Å². The molecular weight excluding hydrogens is 188 g/mol. The first-order valence-corrected chi connectivity index (χ1v) is 6.16. The van der Waals surface area contributed by atoms with Crippen LogP contribution in [0.5, 0.6) is 0 Å². The molecule has 0 aromatic carbocycles. The first-order valence-electron chi connectivity index (χ1n) is 4.43. The lowest BCUT2D eigenvalue weighted by Gasteiger charge is -2.02. The molecule has 0 fully saturated rings. The fraction of sp³-hybridized carbons (Fsp3) is 0.875. The fourth-order valence-corrected chi connectivity index (χ4v) is 1.24. The molecule has 0 bridgehead atoms. The van der Waals surface area contributed by atoms with E-state index in [-0.39, 0.29) is 5.91 Å². The lowest BCUT2D eigenvalue weighted by molar-refractivity contribution is -0.121. The Kier molecular flexibility index (Phi) is 7.93. The van der Waals surface area contributed by atoms with Crippen molar-refractivity contribution >= 4 is 16.7 Å². The van der Waals surface area contributed by atoms with E-state index in [4.69, 9.17) is 5.73 Å². The van der Waals surface area contributed by atoms with E-state index in [1.165, 1.54) is 0 Å². The molecule has 0 aromatic rings. The predicted molar refractivity (Wildman–Crippen MR) is 54.8 cm³/mol. The molecule has 0 rings (SSSR count). The van der Waals surface area contributed by atoms with Crippen molar-refractivity contribution in [2.75, 3.05) is 25.1 Å². The van der Waals surface area contributed by atoms with E-state index >= 15 is 0 Å². The van der Waals surface area contributed by atoms with Gasteiger partial charge in [0.25, 0.3) is 0 Å². The summed E-state index contributed by atoms with van der Waals surface area (Å²) in [5.74, 6) is 0.557. The molecule has 13 heavy (non-hydrogen) atoms. The molecule has 4 nitrogen and oxygen atoms in total. The van der Waals surface area contributed by atoms with Gasteiger partial charge in [0, 0.05) is 35.8 Å². The Morgan fingerprint density at radius 2 is 2.15 bits per heavy atom. The third-order valence-electron chi connectivity index (χ3n) is 1.57. The lowest BCUT2D eigenvalue weighted by Crippen LogP contribution is -2.27. The molecule has 0 radical (unpaired) electrons. The molecular formula is C8H18N2O2S. The van der Waals surface area contributed by atoms with Crippen molar-refractivity contribution in [3.8, 4) is 0 Å². The highest BCUT2D eigenvalue weighted by molar-refractivity contribution is 7.84. The van der Waals surface area contributed by atoms with Crippen molar-refractivity contribution in [2.45, 2.75) is 19.3 Å². The Bertz CT molecular complexity index is 174. The van der Waals surface area contributed by atoms with Crippen molar-refractivity contribution in [3.05, 3.63) is 0 Å². The predicted octanol–water partition coefficient (Wildman–Crippen LogP) is -0.390. The van der Waals surface area contributed by atoms with E-state index in [0.29, 0.717) is 25.3 Å². The second kappa shape index (κ2) is 8.19. The highest BCUT2D eigenvalue weighted by Gasteiger charge is 1.99. The molecule has 1 unspecified atom stereocenters. The molecule has 0 spiro atoms. The van der Waals surface area contributed by atoms with Crippen LogP contribution in [0.25, 0.3) is 0 Å². The van der Waals surface area contributed by atoms with Crippen molar-refractivity contribution in [1.29, 1.82) is 0 Å². The molecule has 3 N–H and O–H groups in total. The molecule has 0 aliphatic rings. The van der Waals surface area contributed by atoms with Crippen molar-refractivity contribution in [2.24, 2.45) is 5.73 Å². The number of nitrogens with one attached hydrogen (secondary N) is 1. The zero-order chi connectivity index (χ0) is 10.1. The number of hydrogen-bond donors (Lipinski definition) is 2. The van der Waals surface area contributed by atoms with E-state index in [2.05, 4.69) is 5.32 Å². The van der Waals surface area contributed by atoms with Gasteiger partial charge < -0.3 is 11.1 Å². The van der Waals surface area contributed by atoms with E-state index in [9.17, 15) is 9.00 Å². The molecule has 0 aromatic heterocycles. The number of carbonyl (C=O) groups is 1. The van der Waals surface area contributed by atoms with Crippen LogP contribution in [0.15, 0.2) is 0 Å². The van der Waals surface area contributed by atoms with Crippen LogP contribution in [0.2, 0.25) is 0 Å². The summed E-state index contributed by atoms with van der Waals surface area (Å²) in [6, 6.07) is 0. The van der Waals surface area contributed by atoms with Gasteiger partial charge in [-0.25, -0.2) is 0 Å². The topological polar surface area (TPSA) is 72.2 Å². The highest BCUT2D eigenvalue weighted by Crippen LogP contribution is 1.92. The average Bonchev–Trinajstić information content (AvgIpc) is 2.04. The van der Waals surface area contributed by atoms with Gasteiger partial charge in [0.05, 0.1) is 0 Å². The zero-order valence-electron chi connectivity index (χ0n) is 8.04. The Balaban J connectivity index is 3.25. The second-order valence-corrected chi connectivity index (χ2v) is 4.43. The van der Waals surface area contributed by atoms with Crippen LogP contribution in [0.3, 0.4) is 0 Å². The number of unbranched alkanes of at least 4 members (excludes halogenated alkanes) is 1. The Labute approximate surface area is 81.7 Å². The summed E-state index contributed by atoms with van der Waals surface area (Å²) in [5.41, 5.74) is 5.28. The summed E-state index contributed by atoms with van der Waals surface area (Å²) in [5, 5.41) is 2.70. The first kappa shape index (κ1) is 12.6. The molecule has 1 atom stereocenters. The molecule has 5 heteroatoms. The third-order valence-corrected chi connectivity index (χ3v) is 2.35. The average molecular weight is 206 g/mol. The maximum Gasteiger partial charge on any atom is 0.220 e. The summed E-state index contributed by atoms with van der Waals surface area (Å²) in [7, 11) is -0.824. The van der Waals surface area contributed by atoms with Gasteiger partial charge in [-0.05, 0) is 19.4 Å². The number of hydrogen-bond acceptors (Lipinski definition) is 3. The highest BCUT2D eigenvalue weighted by atomic mass is 32.2. The van der Waals surface area contributed by atoms with Crippen molar-refractivity contribution in [1.82, 2.24) is 5.32 Å². The maximum absolute atomic E-state index is 11.0. The van der Waals surface area contributed by atoms with Crippen LogP contribution in [0, 0.1) is 0 Å².